The lowest BCUT2D eigenvalue weighted by atomic mass is 10.0. The molecule has 0 saturated carbocycles. The summed E-state index contributed by atoms with van der Waals surface area (Å²) in [6.45, 7) is 2.02. The molecule has 0 bridgehead atoms. The maximum Gasteiger partial charge on any atom is 0.258 e. The number of fused-ring (bicyclic) bond motifs is 2. The predicted octanol–water partition coefficient (Wildman–Crippen LogP) is 5.77. The fourth-order valence-electron chi connectivity index (χ4n) is 2.76. The van der Waals surface area contributed by atoms with E-state index in [-0.39, 0.29) is 5.91 Å². The van der Waals surface area contributed by atoms with Crippen LogP contribution in [0.15, 0.2) is 59.1 Å². The van der Waals surface area contributed by atoms with Crippen molar-refractivity contribution in [3.8, 4) is 0 Å². The number of thiazole rings is 1. The van der Waals surface area contributed by atoms with Crippen molar-refractivity contribution in [2.45, 2.75) is 6.92 Å². The van der Waals surface area contributed by atoms with Gasteiger partial charge in [0.1, 0.15) is 0 Å². The van der Waals surface area contributed by atoms with E-state index in [1.165, 1.54) is 11.3 Å². The second-order valence-corrected chi connectivity index (χ2v) is 7.51. The van der Waals surface area contributed by atoms with Crippen molar-refractivity contribution in [2.75, 3.05) is 5.32 Å². The van der Waals surface area contributed by atoms with Crippen LogP contribution in [0.1, 0.15) is 15.9 Å². The van der Waals surface area contributed by atoms with Crippen molar-refractivity contribution in [2.24, 2.45) is 0 Å². The van der Waals surface area contributed by atoms with Crippen LogP contribution in [-0.2, 0) is 0 Å². The standard InChI is InChI=1S/C19H13BrN2OS/c1-11-4-2-7-16-17(11)21-19(24-16)22-18(23)15-6-3-5-12-10-13(20)8-9-14(12)15/h2-10H,1H3,(H,21,22,23). The summed E-state index contributed by atoms with van der Waals surface area (Å²) in [5.74, 6) is -0.139. The van der Waals surface area contributed by atoms with Gasteiger partial charge in [0.05, 0.1) is 10.2 Å². The van der Waals surface area contributed by atoms with Crippen LogP contribution in [0, 0.1) is 6.92 Å². The number of aryl methyl sites for hydroxylation is 1. The van der Waals surface area contributed by atoms with Gasteiger partial charge in [0, 0.05) is 10.0 Å². The molecule has 5 heteroatoms. The molecule has 0 aliphatic rings. The number of aromatic nitrogens is 1. The monoisotopic (exact) mass is 396 g/mol. The summed E-state index contributed by atoms with van der Waals surface area (Å²) in [6.07, 6.45) is 0. The van der Waals surface area contributed by atoms with Gasteiger partial charge in [0.25, 0.3) is 5.91 Å². The van der Waals surface area contributed by atoms with Gasteiger partial charge in [-0.05, 0) is 47.5 Å². The molecular weight excluding hydrogens is 384 g/mol. The number of benzene rings is 3. The van der Waals surface area contributed by atoms with Crippen molar-refractivity contribution < 1.29 is 4.79 Å². The number of halogens is 1. The topological polar surface area (TPSA) is 42.0 Å². The van der Waals surface area contributed by atoms with E-state index in [2.05, 4.69) is 26.2 Å². The molecule has 118 valence electrons. The molecular formula is C19H13BrN2OS. The van der Waals surface area contributed by atoms with Crippen LogP contribution in [0.25, 0.3) is 21.0 Å². The zero-order chi connectivity index (χ0) is 16.7. The second-order valence-electron chi connectivity index (χ2n) is 5.57. The minimum absolute atomic E-state index is 0.139. The molecule has 1 N–H and O–H groups in total. The third kappa shape index (κ3) is 2.70. The first-order valence-corrected chi connectivity index (χ1v) is 9.08. The molecule has 0 saturated heterocycles. The number of amides is 1. The van der Waals surface area contributed by atoms with Gasteiger partial charge >= 0.3 is 0 Å². The minimum Gasteiger partial charge on any atom is -0.298 e. The summed E-state index contributed by atoms with van der Waals surface area (Å²) in [5.41, 5.74) is 2.70. The van der Waals surface area contributed by atoms with E-state index in [1.807, 2.05) is 61.5 Å². The lowest BCUT2D eigenvalue weighted by Crippen LogP contribution is -2.12. The zero-order valence-corrected chi connectivity index (χ0v) is 15.2. The lowest BCUT2D eigenvalue weighted by Gasteiger charge is -2.06. The number of hydrogen-bond acceptors (Lipinski definition) is 3. The Bertz CT molecular complexity index is 1090. The average Bonchev–Trinajstić information content (AvgIpc) is 2.98. The maximum absolute atomic E-state index is 12.7. The highest BCUT2D eigenvalue weighted by atomic mass is 79.9. The Kier molecular flexibility index (Phi) is 3.82. The van der Waals surface area contributed by atoms with Gasteiger partial charge in [0.15, 0.2) is 5.13 Å². The van der Waals surface area contributed by atoms with Crippen LogP contribution in [0.4, 0.5) is 5.13 Å². The van der Waals surface area contributed by atoms with Crippen molar-refractivity contribution in [3.05, 3.63) is 70.2 Å². The second kappa shape index (κ2) is 6.00. The highest BCUT2D eigenvalue weighted by Gasteiger charge is 2.13. The van der Waals surface area contributed by atoms with Gasteiger partial charge < -0.3 is 0 Å². The van der Waals surface area contributed by atoms with Gasteiger partial charge in [-0.15, -0.1) is 0 Å². The van der Waals surface area contributed by atoms with Crippen molar-refractivity contribution in [1.29, 1.82) is 0 Å². The number of carbonyl (C=O) groups excluding carboxylic acids is 1. The third-order valence-electron chi connectivity index (χ3n) is 3.93. The highest BCUT2D eigenvalue weighted by Crippen LogP contribution is 2.29. The number of rotatable bonds is 2. The smallest absolute Gasteiger partial charge is 0.258 e. The fourth-order valence-corrected chi connectivity index (χ4v) is 4.07. The predicted molar refractivity (Wildman–Crippen MR) is 104 cm³/mol. The number of nitrogens with one attached hydrogen (secondary N) is 1. The van der Waals surface area contributed by atoms with E-state index in [4.69, 9.17) is 0 Å². The lowest BCUT2D eigenvalue weighted by molar-refractivity contribution is 0.102. The Morgan fingerprint density at radius 2 is 1.96 bits per heavy atom. The summed E-state index contributed by atoms with van der Waals surface area (Å²) < 4.78 is 2.07. The first-order chi connectivity index (χ1) is 11.6. The fraction of sp³-hybridized carbons (Fsp3) is 0.0526. The molecule has 24 heavy (non-hydrogen) atoms. The van der Waals surface area contributed by atoms with Crippen LogP contribution < -0.4 is 5.32 Å². The minimum atomic E-state index is -0.139. The van der Waals surface area contributed by atoms with Crippen molar-refractivity contribution in [1.82, 2.24) is 4.98 Å². The summed E-state index contributed by atoms with van der Waals surface area (Å²) in [4.78, 5) is 17.3. The molecule has 0 spiro atoms. The summed E-state index contributed by atoms with van der Waals surface area (Å²) in [6, 6.07) is 17.7. The molecule has 4 rings (SSSR count). The van der Waals surface area contributed by atoms with Crippen LogP contribution in [0.2, 0.25) is 0 Å². The average molecular weight is 397 g/mol. The number of nitrogens with zero attached hydrogens (tertiary/aromatic N) is 1. The van der Waals surface area contributed by atoms with E-state index in [0.29, 0.717) is 10.7 Å². The van der Waals surface area contributed by atoms with Gasteiger partial charge in [-0.1, -0.05) is 57.6 Å². The Hall–Kier alpha value is -2.24. The molecule has 1 amide bonds. The van der Waals surface area contributed by atoms with Crippen molar-refractivity contribution in [3.63, 3.8) is 0 Å². The van der Waals surface area contributed by atoms with Crippen LogP contribution in [0.5, 0.6) is 0 Å². The van der Waals surface area contributed by atoms with E-state index in [9.17, 15) is 4.79 Å². The Morgan fingerprint density at radius 3 is 2.79 bits per heavy atom. The molecule has 1 aromatic heterocycles. The molecule has 3 nitrogen and oxygen atoms in total. The van der Waals surface area contributed by atoms with Crippen LogP contribution in [-0.4, -0.2) is 10.9 Å². The molecule has 0 unspecified atom stereocenters. The third-order valence-corrected chi connectivity index (χ3v) is 5.36. The molecule has 3 aromatic carbocycles. The van der Waals surface area contributed by atoms with E-state index in [1.54, 1.807) is 0 Å². The molecule has 1 heterocycles. The summed E-state index contributed by atoms with van der Waals surface area (Å²) in [5, 5.41) is 5.51. The molecule has 0 atom stereocenters. The molecule has 4 aromatic rings. The van der Waals surface area contributed by atoms with Gasteiger partial charge in [-0.3, -0.25) is 10.1 Å². The summed E-state index contributed by atoms with van der Waals surface area (Å²) in [7, 11) is 0. The SMILES string of the molecule is Cc1cccc2sc(NC(=O)c3cccc4cc(Br)ccc34)nc12. The normalized spacial score (nSPS) is 11.1. The maximum atomic E-state index is 12.7. The highest BCUT2D eigenvalue weighted by molar-refractivity contribution is 9.10. The summed E-state index contributed by atoms with van der Waals surface area (Å²) >= 11 is 4.96. The Morgan fingerprint density at radius 1 is 1.12 bits per heavy atom. The largest absolute Gasteiger partial charge is 0.298 e. The zero-order valence-electron chi connectivity index (χ0n) is 12.8. The van der Waals surface area contributed by atoms with Crippen LogP contribution >= 0.6 is 27.3 Å². The first kappa shape index (κ1) is 15.3. The Labute approximate surface area is 151 Å². The first-order valence-electron chi connectivity index (χ1n) is 7.47. The molecule has 0 radical (unpaired) electrons. The van der Waals surface area contributed by atoms with E-state index >= 15 is 0 Å². The molecule has 0 aliphatic carbocycles. The van der Waals surface area contributed by atoms with E-state index < -0.39 is 0 Å². The number of para-hydroxylation sites is 1. The van der Waals surface area contributed by atoms with Crippen molar-refractivity contribution >= 4 is 59.3 Å². The number of anilines is 1. The van der Waals surface area contributed by atoms with Gasteiger partial charge in [-0.2, -0.15) is 0 Å². The quantitative estimate of drug-likeness (QED) is 0.466. The number of hydrogen-bond donors (Lipinski definition) is 1. The van der Waals surface area contributed by atoms with Gasteiger partial charge in [0.2, 0.25) is 0 Å². The van der Waals surface area contributed by atoms with E-state index in [0.717, 1.165) is 31.0 Å². The van der Waals surface area contributed by atoms with Gasteiger partial charge in [-0.25, -0.2) is 4.98 Å². The molecule has 0 aliphatic heterocycles. The van der Waals surface area contributed by atoms with Crippen LogP contribution in [0.3, 0.4) is 0 Å². The Balaban J connectivity index is 1.72. The molecule has 0 fully saturated rings. The number of carbonyl (C=O) groups is 1.